The summed E-state index contributed by atoms with van der Waals surface area (Å²) in [6.45, 7) is 3.02. The third kappa shape index (κ3) is 4.03. The number of piperazine rings is 1. The first-order chi connectivity index (χ1) is 15.0. The number of rotatable bonds is 6. The number of carbonyl (C=O) groups excluding carboxylic acids is 2. The minimum atomic E-state index is -0.432. The van der Waals surface area contributed by atoms with E-state index < -0.39 is 6.04 Å². The highest BCUT2D eigenvalue weighted by Gasteiger charge is 2.43. The molecule has 0 spiro atoms. The molecule has 8 nitrogen and oxygen atoms in total. The van der Waals surface area contributed by atoms with Gasteiger partial charge in [-0.05, 0) is 36.4 Å². The number of amides is 2. The van der Waals surface area contributed by atoms with Gasteiger partial charge in [0, 0.05) is 37.9 Å². The van der Waals surface area contributed by atoms with Crippen molar-refractivity contribution in [3.8, 4) is 17.2 Å². The Morgan fingerprint density at radius 3 is 2.03 bits per heavy atom. The lowest BCUT2D eigenvalue weighted by molar-refractivity contribution is -0.123. The minimum Gasteiger partial charge on any atom is -0.497 e. The average Bonchev–Trinajstić information content (AvgIpc) is 3.12. The van der Waals surface area contributed by atoms with E-state index in [1.165, 1.54) is 12.0 Å². The van der Waals surface area contributed by atoms with Gasteiger partial charge in [-0.15, -0.1) is 0 Å². The Labute approximate surface area is 181 Å². The van der Waals surface area contributed by atoms with Crippen LogP contribution < -0.4 is 24.0 Å². The molecule has 2 heterocycles. The molecule has 0 radical (unpaired) electrons. The first-order valence-electron chi connectivity index (χ1n) is 10.3. The highest BCUT2D eigenvalue weighted by molar-refractivity contribution is 6.22. The number of carbonyl (C=O) groups is 2. The molecule has 2 fully saturated rings. The molecular weight excluding hydrogens is 398 g/mol. The number of nitrogens with zero attached hydrogens (tertiary/aromatic N) is 3. The molecule has 0 saturated carbocycles. The summed E-state index contributed by atoms with van der Waals surface area (Å²) in [4.78, 5) is 31.5. The lowest BCUT2D eigenvalue weighted by Crippen LogP contribution is -2.52. The smallest absolute Gasteiger partial charge is 0.251 e. The van der Waals surface area contributed by atoms with Crippen LogP contribution in [0.4, 0.5) is 11.4 Å². The van der Waals surface area contributed by atoms with E-state index in [4.69, 9.17) is 14.2 Å². The van der Waals surface area contributed by atoms with Gasteiger partial charge in [0.1, 0.15) is 5.75 Å². The molecule has 2 aromatic rings. The van der Waals surface area contributed by atoms with Crippen molar-refractivity contribution in [1.82, 2.24) is 4.90 Å². The molecule has 2 aliphatic heterocycles. The zero-order valence-corrected chi connectivity index (χ0v) is 18.0. The van der Waals surface area contributed by atoms with Gasteiger partial charge in [0.15, 0.2) is 11.5 Å². The number of hydrogen-bond acceptors (Lipinski definition) is 7. The molecule has 1 atom stereocenters. The molecule has 164 valence electrons. The molecular formula is C23H27N3O5. The zero-order chi connectivity index (χ0) is 22.0. The van der Waals surface area contributed by atoms with Crippen LogP contribution in [0.5, 0.6) is 17.2 Å². The number of hydrogen-bond donors (Lipinski definition) is 0. The second kappa shape index (κ2) is 8.85. The Balaban J connectivity index is 1.43. The Morgan fingerprint density at radius 1 is 0.774 bits per heavy atom. The van der Waals surface area contributed by atoms with E-state index in [0.29, 0.717) is 17.2 Å². The molecule has 2 amide bonds. The number of methoxy groups -OCH3 is 3. The highest BCUT2D eigenvalue weighted by Crippen LogP contribution is 2.34. The summed E-state index contributed by atoms with van der Waals surface area (Å²) in [5, 5.41) is 0. The van der Waals surface area contributed by atoms with Crippen LogP contribution in [-0.4, -0.2) is 70.3 Å². The van der Waals surface area contributed by atoms with E-state index in [9.17, 15) is 9.59 Å². The van der Waals surface area contributed by atoms with Crippen LogP contribution in [0, 0.1) is 0 Å². The van der Waals surface area contributed by atoms with Crippen LogP contribution in [0.25, 0.3) is 0 Å². The molecule has 0 unspecified atom stereocenters. The monoisotopic (exact) mass is 425 g/mol. The van der Waals surface area contributed by atoms with Crippen molar-refractivity contribution in [1.29, 1.82) is 0 Å². The molecule has 2 aliphatic rings. The van der Waals surface area contributed by atoms with E-state index in [2.05, 4.69) is 9.80 Å². The predicted molar refractivity (Wildman–Crippen MR) is 117 cm³/mol. The fourth-order valence-electron chi connectivity index (χ4n) is 4.22. The number of imide groups is 1. The fourth-order valence-corrected chi connectivity index (χ4v) is 4.22. The van der Waals surface area contributed by atoms with E-state index in [0.717, 1.165) is 37.6 Å². The fraction of sp³-hybridized carbons (Fsp3) is 0.391. The average molecular weight is 425 g/mol. The maximum Gasteiger partial charge on any atom is 0.251 e. The first-order valence-corrected chi connectivity index (χ1v) is 10.3. The van der Waals surface area contributed by atoms with Crippen molar-refractivity contribution in [3.05, 3.63) is 42.5 Å². The van der Waals surface area contributed by atoms with E-state index in [1.807, 2.05) is 24.3 Å². The van der Waals surface area contributed by atoms with Crippen molar-refractivity contribution in [2.24, 2.45) is 0 Å². The van der Waals surface area contributed by atoms with Crippen molar-refractivity contribution in [2.75, 3.05) is 57.3 Å². The third-order valence-corrected chi connectivity index (χ3v) is 5.94. The van der Waals surface area contributed by atoms with Gasteiger partial charge in [-0.2, -0.15) is 0 Å². The Morgan fingerprint density at radius 2 is 1.42 bits per heavy atom. The first kappa shape index (κ1) is 21.0. The van der Waals surface area contributed by atoms with Gasteiger partial charge in [0.05, 0.1) is 39.5 Å². The van der Waals surface area contributed by atoms with Crippen LogP contribution in [0.3, 0.4) is 0 Å². The van der Waals surface area contributed by atoms with Gasteiger partial charge >= 0.3 is 0 Å². The molecule has 4 rings (SSSR count). The molecule has 0 N–H and O–H groups in total. The van der Waals surface area contributed by atoms with Crippen molar-refractivity contribution in [2.45, 2.75) is 12.5 Å². The number of ether oxygens (including phenoxy) is 3. The zero-order valence-electron chi connectivity index (χ0n) is 18.0. The summed E-state index contributed by atoms with van der Waals surface area (Å²) in [6.07, 6.45) is 0.190. The molecule has 0 aliphatic carbocycles. The summed E-state index contributed by atoms with van der Waals surface area (Å²) < 4.78 is 15.8. The minimum absolute atomic E-state index is 0.185. The number of benzene rings is 2. The lowest BCUT2D eigenvalue weighted by atomic mass is 10.1. The molecule has 8 heteroatoms. The maximum absolute atomic E-state index is 13.2. The molecule has 2 saturated heterocycles. The van der Waals surface area contributed by atoms with Crippen molar-refractivity contribution in [3.63, 3.8) is 0 Å². The van der Waals surface area contributed by atoms with Crippen LogP contribution in [0.15, 0.2) is 42.5 Å². The van der Waals surface area contributed by atoms with Crippen molar-refractivity contribution < 1.29 is 23.8 Å². The third-order valence-electron chi connectivity index (χ3n) is 5.94. The van der Waals surface area contributed by atoms with Crippen LogP contribution in [0.2, 0.25) is 0 Å². The van der Waals surface area contributed by atoms with Crippen LogP contribution in [0.1, 0.15) is 6.42 Å². The Kier molecular flexibility index (Phi) is 5.99. The van der Waals surface area contributed by atoms with Gasteiger partial charge in [-0.3, -0.25) is 14.5 Å². The molecule has 0 bridgehead atoms. The van der Waals surface area contributed by atoms with E-state index >= 15 is 0 Å². The maximum atomic E-state index is 13.2. The summed E-state index contributed by atoms with van der Waals surface area (Å²) in [5.74, 6) is 1.48. The predicted octanol–water partition coefficient (Wildman–Crippen LogP) is 2.17. The molecule has 31 heavy (non-hydrogen) atoms. The summed E-state index contributed by atoms with van der Waals surface area (Å²) in [6, 6.07) is 12.6. The van der Waals surface area contributed by atoms with Gasteiger partial charge in [-0.25, -0.2) is 4.90 Å². The van der Waals surface area contributed by atoms with Gasteiger partial charge in [0.2, 0.25) is 5.91 Å². The van der Waals surface area contributed by atoms with Gasteiger partial charge < -0.3 is 19.1 Å². The van der Waals surface area contributed by atoms with Gasteiger partial charge in [-0.1, -0.05) is 0 Å². The summed E-state index contributed by atoms with van der Waals surface area (Å²) in [5.41, 5.74) is 1.63. The quantitative estimate of drug-likeness (QED) is 0.657. The second-order valence-electron chi connectivity index (χ2n) is 7.55. The van der Waals surface area contributed by atoms with Crippen molar-refractivity contribution >= 4 is 23.2 Å². The second-order valence-corrected chi connectivity index (χ2v) is 7.55. The normalized spacial score (nSPS) is 19.6. The number of anilines is 2. The highest BCUT2D eigenvalue weighted by atomic mass is 16.5. The molecule has 0 aromatic heterocycles. The van der Waals surface area contributed by atoms with Crippen LogP contribution in [-0.2, 0) is 9.59 Å². The lowest BCUT2D eigenvalue weighted by Gasteiger charge is -2.38. The standard InChI is InChI=1S/C23H27N3O5/c1-29-18-7-4-16(5-8-18)24-10-12-25(13-11-24)19-15-22(27)26(23(19)28)17-6-9-20(30-2)21(14-17)31-3/h4-9,14,19H,10-13,15H2,1-3H3/t19-/m1/s1. The topological polar surface area (TPSA) is 71.6 Å². The summed E-state index contributed by atoms with van der Waals surface area (Å²) in [7, 11) is 4.73. The Bertz CT molecular complexity index is 954. The van der Waals surface area contributed by atoms with E-state index in [-0.39, 0.29) is 18.2 Å². The Hall–Kier alpha value is -3.26. The SMILES string of the molecule is COc1ccc(N2CCN([C@@H]3CC(=O)N(c4ccc(OC)c(OC)c4)C3=O)CC2)cc1. The van der Waals surface area contributed by atoms with Crippen LogP contribution >= 0.6 is 0 Å². The molecule has 2 aromatic carbocycles. The van der Waals surface area contributed by atoms with Gasteiger partial charge in [0.25, 0.3) is 5.91 Å². The largest absolute Gasteiger partial charge is 0.497 e. The van der Waals surface area contributed by atoms with E-state index in [1.54, 1.807) is 32.4 Å². The summed E-state index contributed by atoms with van der Waals surface area (Å²) >= 11 is 0.